The molecule has 0 aromatic carbocycles. The number of aliphatic hydroxyl groups excluding tert-OH is 1. The van der Waals surface area contributed by atoms with E-state index in [9.17, 15) is 0 Å². The van der Waals surface area contributed by atoms with E-state index >= 15 is 0 Å². The van der Waals surface area contributed by atoms with Gasteiger partial charge in [0.1, 0.15) is 0 Å². The first-order chi connectivity index (χ1) is 5.38. The van der Waals surface area contributed by atoms with Crippen molar-refractivity contribution in [3.63, 3.8) is 0 Å². The molecule has 1 heterocycles. The van der Waals surface area contributed by atoms with Crippen LogP contribution in [0.4, 0.5) is 0 Å². The number of rotatable bonds is 3. The summed E-state index contributed by atoms with van der Waals surface area (Å²) in [6.07, 6.45) is 2.27. The maximum Gasteiger partial charge on any atom is 0.0624 e. The molecule has 1 aliphatic rings. The van der Waals surface area contributed by atoms with E-state index in [0.29, 0.717) is 12.0 Å². The van der Waals surface area contributed by atoms with Gasteiger partial charge in [0.2, 0.25) is 0 Å². The molecular weight excluding hydrogens is 142 g/mol. The number of nitrogens with one attached hydrogen (secondary N) is 1. The van der Waals surface area contributed by atoms with E-state index in [4.69, 9.17) is 9.84 Å². The van der Waals surface area contributed by atoms with E-state index in [-0.39, 0.29) is 6.61 Å². The standard InChI is InChI=1S/C8H17NO2/c1-11-8-2-4-9-6-7(8)3-5-10/h7-10H,2-6H2,1H3. The second-order valence-corrected chi connectivity index (χ2v) is 3.04. The highest BCUT2D eigenvalue weighted by molar-refractivity contribution is 4.77. The summed E-state index contributed by atoms with van der Waals surface area (Å²) in [6.45, 7) is 2.30. The van der Waals surface area contributed by atoms with Crippen molar-refractivity contribution in [1.82, 2.24) is 5.32 Å². The Bertz CT molecular complexity index is 106. The van der Waals surface area contributed by atoms with Gasteiger partial charge in [-0.2, -0.15) is 0 Å². The molecule has 3 nitrogen and oxygen atoms in total. The molecular formula is C8H17NO2. The summed E-state index contributed by atoms with van der Waals surface area (Å²) in [7, 11) is 1.75. The fourth-order valence-electron chi connectivity index (χ4n) is 1.66. The molecule has 0 aliphatic carbocycles. The molecule has 0 amide bonds. The maximum atomic E-state index is 8.75. The lowest BCUT2D eigenvalue weighted by Crippen LogP contribution is -2.41. The van der Waals surface area contributed by atoms with Crippen LogP contribution in [0, 0.1) is 5.92 Å². The highest BCUT2D eigenvalue weighted by Gasteiger charge is 2.23. The van der Waals surface area contributed by atoms with Crippen LogP contribution in [-0.2, 0) is 4.74 Å². The fourth-order valence-corrected chi connectivity index (χ4v) is 1.66. The molecule has 11 heavy (non-hydrogen) atoms. The van der Waals surface area contributed by atoms with Crippen LogP contribution in [0.3, 0.4) is 0 Å². The minimum atomic E-state index is 0.270. The van der Waals surface area contributed by atoms with Gasteiger partial charge in [-0.25, -0.2) is 0 Å². The van der Waals surface area contributed by atoms with Crippen molar-refractivity contribution in [2.24, 2.45) is 5.92 Å². The van der Waals surface area contributed by atoms with Crippen LogP contribution in [0.25, 0.3) is 0 Å². The Morgan fingerprint density at radius 3 is 3.09 bits per heavy atom. The molecule has 1 aliphatic heterocycles. The summed E-state index contributed by atoms with van der Waals surface area (Å²) in [6, 6.07) is 0. The van der Waals surface area contributed by atoms with Gasteiger partial charge < -0.3 is 15.2 Å². The van der Waals surface area contributed by atoms with E-state index in [1.165, 1.54) is 0 Å². The second-order valence-electron chi connectivity index (χ2n) is 3.04. The zero-order chi connectivity index (χ0) is 8.10. The Kier molecular flexibility index (Phi) is 3.83. The molecule has 1 fully saturated rings. The van der Waals surface area contributed by atoms with Gasteiger partial charge >= 0.3 is 0 Å². The van der Waals surface area contributed by atoms with Gasteiger partial charge in [-0.05, 0) is 25.3 Å². The Labute approximate surface area is 67.7 Å². The number of ether oxygens (including phenoxy) is 1. The lowest BCUT2D eigenvalue weighted by Gasteiger charge is -2.30. The van der Waals surface area contributed by atoms with Crippen LogP contribution >= 0.6 is 0 Å². The largest absolute Gasteiger partial charge is 0.396 e. The van der Waals surface area contributed by atoms with Crippen LogP contribution in [0.15, 0.2) is 0 Å². The average molecular weight is 159 g/mol. The Hall–Kier alpha value is -0.120. The number of piperidine rings is 1. The highest BCUT2D eigenvalue weighted by Crippen LogP contribution is 2.17. The number of hydrogen-bond acceptors (Lipinski definition) is 3. The van der Waals surface area contributed by atoms with Crippen molar-refractivity contribution in [3.8, 4) is 0 Å². The minimum Gasteiger partial charge on any atom is -0.396 e. The maximum absolute atomic E-state index is 8.75. The van der Waals surface area contributed by atoms with Gasteiger partial charge in [-0.15, -0.1) is 0 Å². The number of aliphatic hydroxyl groups is 1. The first-order valence-electron chi connectivity index (χ1n) is 4.23. The Morgan fingerprint density at radius 1 is 1.64 bits per heavy atom. The highest BCUT2D eigenvalue weighted by atomic mass is 16.5. The monoisotopic (exact) mass is 159 g/mol. The summed E-state index contributed by atoms with van der Waals surface area (Å²) < 4.78 is 5.31. The van der Waals surface area contributed by atoms with Crippen molar-refractivity contribution in [1.29, 1.82) is 0 Å². The summed E-state index contributed by atoms with van der Waals surface area (Å²) in [4.78, 5) is 0. The van der Waals surface area contributed by atoms with Gasteiger partial charge in [-0.3, -0.25) is 0 Å². The molecule has 2 atom stereocenters. The van der Waals surface area contributed by atoms with Crippen LogP contribution < -0.4 is 5.32 Å². The molecule has 1 rings (SSSR count). The topological polar surface area (TPSA) is 41.5 Å². The average Bonchev–Trinajstić information content (AvgIpc) is 2.06. The van der Waals surface area contributed by atoms with E-state index in [0.717, 1.165) is 25.9 Å². The first kappa shape index (κ1) is 8.97. The van der Waals surface area contributed by atoms with Gasteiger partial charge in [0.15, 0.2) is 0 Å². The van der Waals surface area contributed by atoms with Crippen LogP contribution in [-0.4, -0.2) is 38.0 Å². The molecule has 0 radical (unpaired) electrons. The number of methoxy groups -OCH3 is 1. The third-order valence-electron chi connectivity index (χ3n) is 2.34. The van der Waals surface area contributed by atoms with Crippen molar-refractivity contribution in [3.05, 3.63) is 0 Å². The Balaban J connectivity index is 2.31. The molecule has 0 saturated carbocycles. The molecule has 3 heteroatoms. The zero-order valence-corrected chi connectivity index (χ0v) is 7.05. The third-order valence-corrected chi connectivity index (χ3v) is 2.34. The smallest absolute Gasteiger partial charge is 0.0624 e. The normalized spacial score (nSPS) is 32.2. The van der Waals surface area contributed by atoms with Crippen LogP contribution in [0.2, 0.25) is 0 Å². The molecule has 0 bridgehead atoms. The van der Waals surface area contributed by atoms with Gasteiger partial charge in [-0.1, -0.05) is 0 Å². The zero-order valence-electron chi connectivity index (χ0n) is 7.05. The van der Waals surface area contributed by atoms with Gasteiger partial charge in [0.05, 0.1) is 6.10 Å². The van der Waals surface area contributed by atoms with E-state index < -0.39 is 0 Å². The summed E-state index contributed by atoms with van der Waals surface area (Å²) >= 11 is 0. The van der Waals surface area contributed by atoms with E-state index in [1.807, 2.05) is 0 Å². The lowest BCUT2D eigenvalue weighted by atomic mass is 9.93. The molecule has 0 spiro atoms. The van der Waals surface area contributed by atoms with Crippen molar-refractivity contribution in [2.75, 3.05) is 26.8 Å². The lowest BCUT2D eigenvalue weighted by molar-refractivity contribution is 0.0213. The van der Waals surface area contributed by atoms with Crippen LogP contribution in [0.1, 0.15) is 12.8 Å². The first-order valence-corrected chi connectivity index (χ1v) is 4.23. The SMILES string of the molecule is COC1CCNCC1CCO. The molecule has 2 unspecified atom stereocenters. The fraction of sp³-hybridized carbons (Fsp3) is 1.00. The van der Waals surface area contributed by atoms with Crippen molar-refractivity contribution in [2.45, 2.75) is 18.9 Å². The van der Waals surface area contributed by atoms with Gasteiger partial charge in [0, 0.05) is 20.3 Å². The molecule has 1 saturated heterocycles. The third kappa shape index (κ3) is 2.43. The number of hydrogen-bond donors (Lipinski definition) is 2. The van der Waals surface area contributed by atoms with E-state index in [1.54, 1.807) is 7.11 Å². The molecule has 0 aromatic rings. The van der Waals surface area contributed by atoms with E-state index in [2.05, 4.69) is 5.32 Å². The quantitative estimate of drug-likeness (QED) is 0.608. The predicted octanol–water partition coefficient (Wildman–Crippen LogP) is -0.00670. The summed E-state index contributed by atoms with van der Waals surface area (Å²) in [5.74, 6) is 0.499. The van der Waals surface area contributed by atoms with Crippen molar-refractivity contribution < 1.29 is 9.84 Å². The minimum absolute atomic E-state index is 0.270. The molecule has 0 aromatic heterocycles. The van der Waals surface area contributed by atoms with Gasteiger partial charge in [0.25, 0.3) is 0 Å². The summed E-state index contributed by atoms with van der Waals surface area (Å²) in [5, 5.41) is 12.0. The Morgan fingerprint density at radius 2 is 2.45 bits per heavy atom. The van der Waals surface area contributed by atoms with Crippen molar-refractivity contribution >= 4 is 0 Å². The molecule has 66 valence electrons. The predicted molar refractivity (Wildman–Crippen MR) is 43.5 cm³/mol. The second kappa shape index (κ2) is 4.70. The molecule has 2 N–H and O–H groups in total. The van der Waals surface area contributed by atoms with Crippen LogP contribution in [0.5, 0.6) is 0 Å². The summed E-state index contributed by atoms with van der Waals surface area (Å²) in [5.41, 5.74) is 0.